The van der Waals surface area contributed by atoms with E-state index in [2.05, 4.69) is 4.98 Å². The number of halogens is 1. The van der Waals surface area contributed by atoms with Crippen molar-refractivity contribution in [2.45, 2.75) is 38.9 Å². The number of rotatable bonds is 1. The number of hydrogen-bond acceptors (Lipinski definition) is 4. The van der Waals surface area contributed by atoms with Gasteiger partial charge in [0.2, 0.25) is 5.71 Å². The average molecular weight is 330 g/mol. The van der Waals surface area contributed by atoms with Crippen molar-refractivity contribution in [2.75, 3.05) is 0 Å². The van der Waals surface area contributed by atoms with Crippen molar-refractivity contribution >= 4 is 46.3 Å². The molecule has 23 heavy (non-hydrogen) atoms. The molecule has 0 unspecified atom stereocenters. The second kappa shape index (κ2) is 4.73. The van der Waals surface area contributed by atoms with Crippen molar-refractivity contribution in [1.29, 1.82) is 0 Å². The summed E-state index contributed by atoms with van der Waals surface area (Å²) < 4.78 is 18.2. The molecule has 2 aromatic heterocycles. The first-order chi connectivity index (χ1) is 10.8. The van der Waals surface area contributed by atoms with Gasteiger partial charge in [-0.05, 0) is 51.4 Å². The van der Waals surface area contributed by atoms with E-state index in [9.17, 15) is 0 Å². The van der Waals surface area contributed by atoms with Gasteiger partial charge in [-0.15, -0.1) is 0 Å². The first-order valence-electron chi connectivity index (χ1n) is 7.62. The van der Waals surface area contributed by atoms with Crippen LogP contribution < -0.4 is 5.46 Å². The minimum Gasteiger partial charge on any atom is -0.438 e. The third-order valence-electron chi connectivity index (χ3n) is 4.87. The molecule has 0 N–H and O–H groups in total. The van der Waals surface area contributed by atoms with Crippen LogP contribution in [-0.4, -0.2) is 23.3 Å². The lowest BCUT2D eigenvalue weighted by molar-refractivity contribution is 0.00578. The van der Waals surface area contributed by atoms with E-state index in [1.807, 2.05) is 52.0 Å². The molecule has 1 aromatic carbocycles. The summed E-state index contributed by atoms with van der Waals surface area (Å²) in [7, 11) is -0.444. The summed E-state index contributed by atoms with van der Waals surface area (Å²) in [6.07, 6.45) is 0. The molecule has 1 saturated heterocycles. The van der Waals surface area contributed by atoms with Gasteiger partial charge in [-0.25, -0.2) is 4.98 Å². The van der Waals surface area contributed by atoms with Crippen molar-refractivity contribution < 1.29 is 13.7 Å². The first kappa shape index (κ1) is 15.0. The van der Waals surface area contributed by atoms with Crippen LogP contribution in [-0.2, 0) is 9.31 Å². The minimum absolute atomic E-state index is 0.388. The van der Waals surface area contributed by atoms with Gasteiger partial charge in [0, 0.05) is 10.8 Å². The maximum absolute atomic E-state index is 6.19. The first-order valence-corrected chi connectivity index (χ1v) is 8.00. The molecule has 3 aromatic rings. The van der Waals surface area contributed by atoms with E-state index in [0.717, 1.165) is 21.8 Å². The number of nitrogens with zero attached hydrogens (tertiary/aromatic N) is 1. The molecule has 3 heterocycles. The van der Waals surface area contributed by atoms with E-state index in [4.69, 9.17) is 25.3 Å². The third-order valence-corrected chi connectivity index (χ3v) is 5.08. The highest BCUT2D eigenvalue weighted by Crippen LogP contribution is 2.38. The Balaban J connectivity index is 1.93. The summed E-state index contributed by atoms with van der Waals surface area (Å²) in [5.41, 5.74) is 1.45. The number of benzene rings is 1. The summed E-state index contributed by atoms with van der Waals surface area (Å²) in [4.78, 5) is 4.25. The van der Waals surface area contributed by atoms with Gasteiger partial charge in [-0.3, -0.25) is 0 Å². The topological polar surface area (TPSA) is 44.5 Å². The van der Waals surface area contributed by atoms with Crippen LogP contribution in [0.15, 0.2) is 34.7 Å². The molecule has 1 aliphatic rings. The zero-order valence-corrected chi connectivity index (χ0v) is 14.3. The Kier molecular flexibility index (Phi) is 3.08. The fraction of sp³-hybridized carbons (Fsp3) is 0.353. The van der Waals surface area contributed by atoms with Gasteiger partial charge in [-0.1, -0.05) is 23.7 Å². The lowest BCUT2D eigenvalue weighted by atomic mass is 9.76. The van der Waals surface area contributed by atoms with Gasteiger partial charge in [0.1, 0.15) is 10.7 Å². The van der Waals surface area contributed by atoms with Crippen LogP contribution in [0.5, 0.6) is 0 Å². The number of fused-ring (bicyclic) bond motifs is 3. The van der Waals surface area contributed by atoms with Crippen LogP contribution in [0.3, 0.4) is 0 Å². The molecule has 0 radical (unpaired) electrons. The lowest BCUT2D eigenvalue weighted by Crippen LogP contribution is -2.41. The molecule has 0 bridgehead atoms. The molecule has 0 saturated carbocycles. The predicted molar refractivity (Wildman–Crippen MR) is 92.2 cm³/mol. The Bertz CT molecular complexity index is 903. The smallest absolute Gasteiger partial charge is 0.438 e. The van der Waals surface area contributed by atoms with Crippen molar-refractivity contribution in [3.8, 4) is 0 Å². The SMILES string of the molecule is CC1(C)OB(c2cccc3oc4nc(Cl)ccc4c23)OC1(C)C. The number of furan rings is 1. The Hall–Kier alpha value is -1.56. The second-order valence-electron chi connectivity index (χ2n) is 6.90. The van der Waals surface area contributed by atoms with Gasteiger partial charge < -0.3 is 13.7 Å². The molecule has 6 heteroatoms. The molecule has 0 amide bonds. The average Bonchev–Trinajstić information content (AvgIpc) is 2.92. The van der Waals surface area contributed by atoms with Gasteiger partial charge in [0.25, 0.3) is 0 Å². The minimum atomic E-state index is -0.444. The van der Waals surface area contributed by atoms with Crippen molar-refractivity contribution in [2.24, 2.45) is 0 Å². The molecular weight excluding hydrogens is 312 g/mol. The van der Waals surface area contributed by atoms with Crippen LogP contribution in [0.1, 0.15) is 27.7 Å². The highest BCUT2D eigenvalue weighted by molar-refractivity contribution is 6.66. The van der Waals surface area contributed by atoms with Crippen LogP contribution in [0, 0.1) is 0 Å². The number of aromatic nitrogens is 1. The van der Waals surface area contributed by atoms with Crippen molar-refractivity contribution in [3.05, 3.63) is 35.5 Å². The summed E-state index contributed by atoms with van der Waals surface area (Å²) in [5, 5.41) is 2.29. The molecule has 0 aliphatic carbocycles. The van der Waals surface area contributed by atoms with Crippen LogP contribution in [0.25, 0.3) is 22.1 Å². The highest BCUT2D eigenvalue weighted by Gasteiger charge is 2.52. The summed E-state index contributed by atoms with van der Waals surface area (Å²) in [5.74, 6) is 0. The Morgan fingerprint density at radius 2 is 1.70 bits per heavy atom. The molecule has 4 nitrogen and oxygen atoms in total. The normalized spacial score (nSPS) is 19.8. The van der Waals surface area contributed by atoms with E-state index in [0.29, 0.717) is 10.9 Å². The Morgan fingerprint density at radius 1 is 1.00 bits per heavy atom. The van der Waals surface area contributed by atoms with Crippen molar-refractivity contribution in [1.82, 2.24) is 4.98 Å². The molecule has 0 spiro atoms. The maximum Gasteiger partial charge on any atom is 0.495 e. The van der Waals surface area contributed by atoms with Gasteiger partial charge >= 0.3 is 7.12 Å². The fourth-order valence-electron chi connectivity index (χ4n) is 2.88. The van der Waals surface area contributed by atoms with E-state index in [1.165, 1.54) is 0 Å². The van der Waals surface area contributed by atoms with Crippen LogP contribution in [0.2, 0.25) is 5.15 Å². The molecular formula is C17H17BClNO3. The lowest BCUT2D eigenvalue weighted by Gasteiger charge is -2.32. The van der Waals surface area contributed by atoms with Gasteiger partial charge in [0.05, 0.1) is 11.2 Å². The van der Waals surface area contributed by atoms with E-state index in [-0.39, 0.29) is 11.2 Å². The molecule has 1 aliphatic heterocycles. The van der Waals surface area contributed by atoms with E-state index >= 15 is 0 Å². The van der Waals surface area contributed by atoms with E-state index in [1.54, 1.807) is 6.07 Å². The summed E-state index contributed by atoms with van der Waals surface area (Å²) >= 11 is 5.97. The predicted octanol–water partition coefficient (Wildman–Crippen LogP) is 3.93. The highest BCUT2D eigenvalue weighted by atomic mass is 35.5. The van der Waals surface area contributed by atoms with Crippen LogP contribution >= 0.6 is 11.6 Å². The number of hydrogen-bond donors (Lipinski definition) is 0. The summed E-state index contributed by atoms with van der Waals surface area (Å²) in [6.45, 7) is 8.17. The quantitative estimate of drug-likeness (QED) is 0.501. The van der Waals surface area contributed by atoms with Crippen molar-refractivity contribution in [3.63, 3.8) is 0 Å². The molecule has 4 rings (SSSR count). The fourth-order valence-corrected chi connectivity index (χ4v) is 3.02. The Morgan fingerprint density at radius 3 is 2.39 bits per heavy atom. The second-order valence-corrected chi connectivity index (χ2v) is 7.28. The largest absolute Gasteiger partial charge is 0.495 e. The standard InChI is InChI=1S/C17H17BClNO3/c1-16(2)17(3,4)23-18(22-16)11-6-5-7-12-14(11)10-8-9-13(19)20-15(10)21-12/h5-9H,1-4H3. The Labute approximate surface area is 139 Å². The third kappa shape index (κ3) is 2.18. The zero-order chi connectivity index (χ0) is 16.4. The van der Waals surface area contributed by atoms with Gasteiger partial charge in [0.15, 0.2) is 0 Å². The zero-order valence-electron chi connectivity index (χ0n) is 13.5. The van der Waals surface area contributed by atoms with E-state index < -0.39 is 7.12 Å². The monoisotopic (exact) mass is 329 g/mol. The molecule has 1 fully saturated rings. The molecule has 0 atom stereocenters. The van der Waals surface area contributed by atoms with Crippen LogP contribution in [0.4, 0.5) is 0 Å². The maximum atomic E-state index is 6.19. The van der Waals surface area contributed by atoms with Gasteiger partial charge in [-0.2, -0.15) is 0 Å². The number of pyridine rings is 1. The summed E-state index contributed by atoms with van der Waals surface area (Å²) in [6, 6.07) is 9.55. The molecule has 118 valence electrons.